The predicted octanol–water partition coefficient (Wildman–Crippen LogP) is 2.78. The molecule has 0 spiro atoms. The Bertz CT molecular complexity index is 523. The van der Waals surface area contributed by atoms with Crippen LogP contribution >= 0.6 is 0 Å². The molecule has 2 fully saturated rings. The Hall–Kier alpha value is -1.90. The monoisotopic (exact) mass is 255 g/mol. The molecule has 1 aliphatic heterocycles. The number of hydrogen-bond acceptors (Lipinski definition) is 2. The molecule has 3 atom stereocenters. The molecule has 1 aliphatic carbocycles. The van der Waals surface area contributed by atoms with E-state index in [0.717, 1.165) is 19.3 Å². The summed E-state index contributed by atoms with van der Waals surface area (Å²) in [6.07, 6.45) is 4.63. The fourth-order valence-corrected chi connectivity index (χ4v) is 3.38. The molecule has 3 heteroatoms. The van der Waals surface area contributed by atoms with Crippen LogP contribution in [0.1, 0.15) is 19.3 Å². The highest BCUT2D eigenvalue weighted by Gasteiger charge is 2.51. The van der Waals surface area contributed by atoms with Gasteiger partial charge in [-0.3, -0.25) is 14.5 Å². The second kappa shape index (κ2) is 4.65. The van der Waals surface area contributed by atoms with Gasteiger partial charge in [-0.25, -0.2) is 0 Å². The van der Waals surface area contributed by atoms with Gasteiger partial charge in [0, 0.05) is 0 Å². The smallest absolute Gasteiger partial charge is 0.238 e. The minimum atomic E-state index is -0.195. The van der Waals surface area contributed by atoms with Crippen molar-refractivity contribution in [1.82, 2.24) is 0 Å². The Labute approximate surface area is 112 Å². The molecule has 98 valence electrons. The normalized spacial score (nSPS) is 30.3. The summed E-state index contributed by atoms with van der Waals surface area (Å²) in [6, 6.07) is 9.21. The number of hydrogen-bond donors (Lipinski definition) is 0. The van der Waals surface area contributed by atoms with E-state index in [9.17, 15) is 9.59 Å². The fraction of sp³-hybridized carbons (Fsp3) is 0.375. The van der Waals surface area contributed by atoms with Crippen molar-refractivity contribution in [2.24, 2.45) is 17.8 Å². The molecule has 0 N–H and O–H groups in total. The van der Waals surface area contributed by atoms with Gasteiger partial charge in [-0.05, 0) is 30.9 Å². The molecule has 1 heterocycles. The SMILES string of the molecule is C=C[C@@H]1CCC[C@@H]2C(=O)N(c3ccccc3)C(=O)[C@H]12. The molecule has 0 radical (unpaired) electrons. The second-order valence-corrected chi connectivity index (χ2v) is 5.31. The standard InChI is InChI=1S/C16H17NO2/c1-2-11-7-6-10-13-14(11)16(19)17(15(13)18)12-8-4-3-5-9-12/h2-5,8-9,11,13-14H,1,6-7,10H2/t11-,13+,14-/m1/s1. The third kappa shape index (κ3) is 1.81. The first-order valence-electron chi connectivity index (χ1n) is 6.79. The number of benzene rings is 1. The molecule has 1 aromatic rings. The maximum atomic E-state index is 12.6. The summed E-state index contributed by atoms with van der Waals surface area (Å²) in [5, 5.41) is 0. The van der Waals surface area contributed by atoms with Crippen LogP contribution in [0.2, 0.25) is 0 Å². The van der Waals surface area contributed by atoms with Gasteiger partial charge in [0.15, 0.2) is 0 Å². The van der Waals surface area contributed by atoms with Crippen molar-refractivity contribution in [3.05, 3.63) is 43.0 Å². The predicted molar refractivity (Wildman–Crippen MR) is 73.5 cm³/mol. The third-order valence-corrected chi connectivity index (χ3v) is 4.31. The first-order chi connectivity index (χ1) is 9.24. The highest BCUT2D eigenvalue weighted by atomic mass is 16.2. The Morgan fingerprint density at radius 3 is 2.53 bits per heavy atom. The zero-order chi connectivity index (χ0) is 13.4. The molecule has 3 nitrogen and oxygen atoms in total. The lowest BCUT2D eigenvalue weighted by Crippen LogP contribution is -2.32. The van der Waals surface area contributed by atoms with E-state index in [1.54, 1.807) is 0 Å². The van der Waals surface area contributed by atoms with E-state index < -0.39 is 0 Å². The Morgan fingerprint density at radius 1 is 1.11 bits per heavy atom. The molecule has 19 heavy (non-hydrogen) atoms. The van der Waals surface area contributed by atoms with Crippen molar-refractivity contribution in [2.75, 3.05) is 4.90 Å². The molecule has 1 saturated carbocycles. The van der Waals surface area contributed by atoms with Gasteiger partial charge in [-0.15, -0.1) is 6.58 Å². The van der Waals surface area contributed by atoms with Crippen LogP contribution in [0.5, 0.6) is 0 Å². The first kappa shape index (κ1) is 12.2. The average molecular weight is 255 g/mol. The maximum absolute atomic E-state index is 12.6. The molecule has 2 amide bonds. The second-order valence-electron chi connectivity index (χ2n) is 5.31. The largest absolute Gasteiger partial charge is 0.274 e. The number of carbonyl (C=O) groups excluding carboxylic acids is 2. The zero-order valence-corrected chi connectivity index (χ0v) is 10.8. The van der Waals surface area contributed by atoms with Crippen LogP contribution in [0.3, 0.4) is 0 Å². The zero-order valence-electron chi connectivity index (χ0n) is 10.8. The van der Waals surface area contributed by atoms with Crippen LogP contribution in [0.4, 0.5) is 5.69 Å². The van der Waals surface area contributed by atoms with E-state index in [0.29, 0.717) is 5.69 Å². The highest BCUT2D eigenvalue weighted by Crippen LogP contribution is 2.43. The molecule has 0 aromatic heterocycles. The lowest BCUT2D eigenvalue weighted by molar-refractivity contribution is -0.122. The van der Waals surface area contributed by atoms with E-state index in [1.165, 1.54) is 4.90 Å². The number of rotatable bonds is 2. The summed E-state index contributed by atoms with van der Waals surface area (Å²) in [4.78, 5) is 26.4. The average Bonchev–Trinajstić information content (AvgIpc) is 2.72. The van der Waals surface area contributed by atoms with Gasteiger partial charge in [-0.2, -0.15) is 0 Å². The van der Waals surface area contributed by atoms with Crippen molar-refractivity contribution in [3.63, 3.8) is 0 Å². The van der Waals surface area contributed by atoms with Crippen LogP contribution in [0, 0.1) is 17.8 Å². The van der Waals surface area contributed by atoms with E-state index in [2.05, 4.69) is 6.58 Å². The van der Waals surface area contributed by atoms with E-state index in [1.807, 2.05) is 36.4 Å². The molecular weight excluding hydrogens is 238 g/mol. The van der Waals surface area contributed by atoms with Gasteiger partial charge in [-0.1, -0.05) is 30.7 Å². The molecular formula is C16H17NO2. The van der Waals surface area contributed by atoms with Gasteiger partial charge < -0.3 is 0 Å². The number of allylic oxidation sites excluding steroid dienone is 1. The maximum Gasteiger partial charge on any atom is 0.238 e. The lowest BCUT2D eigenvalue weighted by atomic mass is 9.73. The van der Waals surface area contributed by atoms with Crippen molar-refractivity contribution >= 4 is 17.5 Å². The summed E-state index contributed by atoms with van der Waals surface area (Å²) in [5.74, 6) is -0.286. The van der Waals surface area contributed by atoms with Gasteiger partial charge in [0.25, 0.3) is 0 Å². The lowest BCUT2D eigenvalue weighted by Gasteiger charge is -2.27. The van der Waals surface area contributed by atoms with E-state index in [4.69, 9.17) is 0 Å². The summed E-state index contributed by atoms with van der Waals surface area (Å²) >= 11 is 0. The van der Waals surface area contributed by atoms with Gasteiger partial charge in [0.05, 0.1) is 17.5 Å². The number of carbonyl (C=O) groups is 2. The Balaban J connectivity index is 1.99. The van der Waals surface area contributed by atoms with Gasteiger partial charge >= 0.3 is 0 Å². The summed E-state index contributed by atoms with van der Waals surface area (Å²) in [5.41, 5.74) is 0.690. The molecule has 1 aromatic carbocycles. The van der Waals surface area contributed by atoms with Crippen LogP contribution in [0.15, 0.2) is 43.0 Å². The Kier molecular flexibility index (Phi) is 2.97. The van der Waals surface area contributed by atoms with Crippen LogP contribution in [-0.4, -0.2) is 11.8 Å². The molecule has 3 rings (SSSR count). The number of para-hydroxylation sites is 1. The highest BCUT2D eigenvalue weighted by molar-refractivity contribution is 6.22. The van der Waals surface area contributed by atoms with Crippen LogP contribution < -0.4 is 4.90 Å². The minimum absolute atomic E-state index is 0.0345. The summed E-state index contributed by atoms with van der Waals surface area (Å²) in [6.45, 7) is 3.82. The van der Waals surface area contributed by atoms with Crippen LogP contribution in [-0.2, 0) is 9.59 Å². The molecule has 2 aliphatic rings. The molecule has 1 saturated heterocycles. The van der Waals surface area contributed by atoms with Gasteiger partial charge in [0.2, 0.25) is 11.8 Å². The van der Waals surface area contributed by atoms with Crippen molar-refractivity contribution in [1.29, 1.82) is 0 Å². The fourth-order valence-electron chi connectivity index (χ4n) is 3.38. The summed E-state index contributed by atoms with van der Waals surface area (Å²) < 4.78 is 0. The van der Waals surface area contributed by atoms with Gasteiger partial charge in [0.1, 0.15) is 0 Å². The van der Waals surface area contributed by atoms with Crippen molar-refractivity contribution in [3.8, 4) is 0 Å². The Morgan fingerprint density at radius 2 is 1.84 bits per heavy atom. The van der Waals surface area contributed by atoms with Crippen molar-refractivity contribution in [2.45, 2.75) is 19.3 Å². The van der Waals surface area contributed by atoms with Crippen molar-refractivity contribution < 1.29 is 9.59 Å². The number of fused-ring (bicyclic) bond motifs is 1. The molecule has 0 unspecified atom stereocenters. The molecule has 0 bridgehead atoms. The number of anilines is 1. The topological polar surface area (TPSA) is 37.4 Å². The van der Waals surface area contributed by atoms with E-state index in [-0.39, 0.29) is 29.6 Å². The van der Waals surface area contributed by atoms with Crippen LogP contribution in [0.25, 0.3) is 0 Å². The number of amides is 2. The number of imide groups is 1. The first-order valence-corrected chi connectivity index (χ1v) is 6.79. The van der Waals surface area contributed by atoms with E-state index >= 15 is 0 Å². The third-order valence-electron chi connectivity index (χ3n) is 4.31. The number of nitrogens with zero attached hydrogens (tertiary/aromatic N) is 1. The summed E-state index contributed by atoms with van der Waals surface area (Å²) in [7, 11) is 0. The minimum Gasteiger partial charge on any atom is -0.274 e. The quantitative estimate of drug-likeness (QED) is 0.602.